The van der Waals surface area contributed by atoms with Gasteiger partial charge in [-0.3, -0.25) is 0 Å². The first-order valence-electron chi connectivity index (χ1n) is 24.4. The molecule has 13 rings (SSSR count). The number of nitrogens with zero attached hydrogens (tertiary/aromatic N) is 1. The first kappa shape index (κ1) is 41.3. The molecule has 0 saturated heterocycles. The number of benzene rings is 10. The molecule has 0 fully saturated rings. The van der Waals surface area contributed by atoms with Crippen LogP contribution in [0.3, 0.4) is 0 Å². The summed E-state index contributed by atoms with van der Waals surface area (Å²) in [6.07, 6.45) is 0. The molecule has 11 aromatic rings. The minimum atomic E-state index is -0.547. The molecule has 332 valence electrons. The van der Waals surface area contributed by atoms with E-state index in [1.807, 2.05) is 0 Å². The van der Waals surface area contributed by atoms with Gasteiger partial charge < -0.3 is 9.32 Å². The van der Waals surface area contributed by atoms with Crippen LogP contribution in [-0.4, -0.2) is 0 Å². The van der Waals surface area contributed by atoms with E-state index < -0.39 is 5.41 Å². The van der Waals surface area contributed by atoms with Gasteiger partial charge in [-0.15, -0.1) is 0 Å². The largest absolute Gasteiger partial charge is 0.453 e. The van der Waals surface area contributed by atoms with Crippen LogP contribution in [0.1, 0.15) is 74.9 Å². The van der Waals surface area contributed by atoms with Gasteiger partial charge in [-0.25, -0.2) is 0 Å². The maximum atomic E-state index is 7.26. The molecule has 0 unspecified atom stereocenters. The third-order valence-electron chi connectivity index (χ3n) is 15.2. The molecular weight excluding hydrogens is 835 g/mol. The predicted molar refractivity (Wildman–Crippen MR) is 290 cm³/mol. The average molecular weight is 888 g/mol. The van der Waals surface area contributed by atoms with Gasteiger partial charge in [0.15, 0.2) is 5.58 Å². The number of fused-ring (bicyclic) bond motifs is 14. The lowest BCUT2D eigenvalue weighted by Crippen LogP contribution is -2.27. The smallest absolute Gasteiger partial charge is 0.159 e. The average Bonchev–Trinajstić information content (AvgIpc) is 4.01. The van der Waals surface area contributed by atoms with E-state index in [0.717, 1.165) is 50.1 Å². The monoisotopic (exact) mass is 887 g/mol. The fourth-order valence-corrected chi connectivity index (χ4v) is 11.8. The third-order valence-corrected chi connectivity index (χ3v) is 15.2. The van der Waals surface area contributed by atoms with Crippen LogP contribution in [0.2, 0.25) is 0 Å². The van der Waals surface area contributed by atoms with Crippen molar-refractivity contribution < 1.29 is 4.42 Å². The lowest BCUT2D eigenvalue weighted by atomic mass is 9.69. The Labute approximate surface area is 405 Å². The number of anilines is 3. The van der Waals surface area contributed by atoms with Gasteiger partial charge >= 0.3 is 0 Å². The zero-order valence-electron chi connectivity index (χ0n) is 40.1. The fourth-order valence-electron chi connectivity index (χ4n) is 11.8. The van der Waals surface area contributed by atoms with Crippen molar-refractivity contribution in [1.82, 2.24) is 0 Å². The van der Waals surface area contributed by atoms with Crippen LogP contribution in [0.25, 0.3) is 77.2 Å². The van der Waals surface area contributed by atoms with E-state index in [4.69, 9.17) is 4.42 Å². The summed E-state index contributed by atoms with van der Waals surface area (Å²) in [6, 6.07) is 79.1. The van der Waals surface area contributed by atoms with E-state index in [0.29, 0.717) is 0 Å². The summed E-state index contributed by atoms with van der Waals surface area (Å²) in [4.78, 5) is 2.47. The van der Waals surface area contributed by atoms with Crippen molar-refractivity contribution in [2.75, 3.05) is 4.90 Å². The highest BCUT2D eigenvalue weighted by molar-refractivity contribution is 6.14. The summed E-state index contributed by atoms with van der Waals surface area (Å²) in [6.45, 7) is 14.0. The van der Waals surface area contributed by atoms with Gasteiger partial charge in [-0.2, -0.15) is 0 Å². The van der Waals surface area contributed by atoms with Crippen molar-refractivity contribution >= 4 is 49.8 Å². The number of hydrogen-bond acceptors (Lipinski definition) is 2. The molecule has 0 radical (unpaired) electrons. The van der Waals surface area contributed by atoms with Crippen molar-refractivity contribution in [3.05, 3.63) is 246 Å². The van der Waals surface area contributed by atoms with Gasteiger partial charge in [-0.05, 0) is 113 Å². The van der Waals surface area contributed by atoms with E-state index in [1.165, 1.54) is 77.5 Å². The molecule has 0 saturated carbocycles. The maximum absolute atomic E-state index is 7.26. The summed E-state index contributed by atoms with van der Waals surface area (Å²) in [5.41, 5.74) is 22.0. The molecule has 2 heteroatoms. The van der Waals surface area contributed by atoms with Gasteiger partial charge in [0.05, 0.1) is 16.8 Å². The first-order chi connectivity index (χ1) is 33.5. The van der Waals surface area contributed by atoms with Crippen molar-refractivity contribution in [2.24, 2.45) is 0 Å². The van der Waals surface area contributed by atoms with Crippen molar-refractivity contribution in [2.45, 2.75) is 57.8 Å². The molecule has 1 spiro atoms. The van der Waals surface area contributed by atoms with Crippen LogP contribution < -0.4 is 4.90 Å². The van der Waals surface area contributed by atoms with Gasteiger partial charge in [-0.1, -0.05) is 230 Å². The molecule has 2 nitrogen and oxygen atoms in total. The molecule has 0 N–H and O–H groups in total. The van der Waals surface area contributed by atoms with Gasteiger partial charge in [0.1, 0.15) is 5.58 Å². The van der Waals surface area contributed by atoms with Crippen molar-refractivity contribution in [3.63, 3.8) is 0 Å². The van der Waals surface area contributed by atoms with Gasteiger partial charge in [0.2, 0.25) is 0 Å². The molecule has 1 aromatic heterocycles. The molecule has 0 atom stereocenters. The lowest BCUT2D eigenvalue weighted by Gasteiger charge is -2.33. The topological polar surface area (TPSA) is 16.4 Å². The van der Waals surface area contributed by atoms with E-state index in [2.05, 4.69) is 259 Å². The second-order valence-electron chi connectivity index (χ2n) is 21.2. The Bertz CT molecular complexity index is 3790. The zero-order valence-corrected chi connectivity index (χ0v) is 40.1. The summed E-state index contributed by atoms with van der Waals surface area (Å²) in [5.74, 6) is 0. The fraction of sp³-hybridized carbons (Fsp3) is 0.134. The highest BCUT2D eigenvalue weighted by atomic mass is 16.3. The van der Waals surface area contributed by atoms with Crippen LogP contribution in [-0.2, 0) is 16.2 Å². The zero-order chi connectivity index (χ0) is 46.8. The Hall–Kier alpha value is -7.94. The van der Waals surface area contributed by atoms with Gasteiger partial charge in [0, 0.05) is 27.6 Å². The molecule has 2 aliphatic carbocycles. The molecule has 2 aliphatic rings. The van der Waals surface area contributed by atoms with E-state index in [-0.39, 0.29) is 10.8 Å². The van der Waals surface area contributed by atoms with E-state index in [1.54, 1.807) is 0 Å². The van der Waals surface area contributed by atoms with Crippen LogP contribution in [0.15, 0.2) is 217 Å². The molecule has 0 bridgehead atoms. The molecule has 0 amide bonds. The van der Waals surface area contributed by atoms with Crippen LogP contribution in [0.4, 0.5) is 17.1 Å². The SMILES string of the molecule is CC(C)(C)c1ccc2c(c1)C1(c3cc(C(C)(C)C)ccc3-2)c2ccccc2-c2c(N(c3ccc(-c4cccc5ccccc45)cc3)c3cccc4c3oc3c(-c5ccccc5)cccc34)cccc21. The number of hydrogen-bond donors (Lipinski definition) is 0. The molecule has 10 aromatic carbocycles. The van der Waals surface area contributed by atoms with Crippen molar-refractivity contribution in [1.29, 1.82) is 0 Å². The Morgan fingerprint density at radius 3 is 1.61 bits per heavy atom. The standard InChI is InChI=1S/C67H53NO/c1-65(2,3)45-34-38-51-52-39-35-46(66(4,5)6)41-59(52)67(58(51)40-45)56-28-13-12-23-55(56)62-57(67)29-17-30-60(62)68(47-36-32-44(33-37-47)49-24-14-21-42-20-10-11-22-48(42)49)61-31-16-27-54-53-26-15-25-50(63(53)69-64(54)61)43-18-8-7-9-19-43/h7-41H,1-6H3. The minimum Gasteiger partial charge on any atom is -0.453 e. The first-order valence-corrected chi connectivity index (χ1v) is 24.4. The number of furan rings is 1. The number of para-hydroxylation sites is 2. The Morgan fingerprint density at radius 1 is 0.362 bits per heavy atom. The Balaban J connectivity index is 1.11. The van der Waals surface area contributed by atoms with Crippen molar-refractivity contribution in [3.8, 4) is 44.5 Å². The molecule has 1 heterocycles. The summed E-state index contributed by atoms with van der Waals surface area (Å²) in [5, 5.41) is 4.67. The third kappa shape index (κ3) is 6.11. The quantitative estimate of drug-likeness (QED) is 0.171. The highest BCUT2D eigenvalue weighted by Crippen LogP contribution is 2.65. The normalized spacial score (nSPS) is 13.5. The maximum Gasteiger partial charge on any atom is 0.159 e. The Kier molecular flexibility index (Phi) is 8.99. The summed E-state index contributed by atoms with van der Waals surface area (Å²) < 4.78 is 7.26. The van der Waals surface area contributed by atoms with Crippen LogP contribution in [0, 0.1) is 0 Å². The Morgan fingerprint density at radius 2 is 0.884 bits per heavy atom. The minimum absolute atomic E-state index is 0.0367. The highest BCUT2D eigenvalue weighted by Gasteiger charge is 2.53. The summed E-state index contributed by atoms with van der Waals surface area (Å²) >= 11 is 0. The molecule has 0 aliphatic heterocycles. The summed E-state index contributed by atoms with van der Waals surface area (Å²) in [7, 11) is 0. The second kappa shape index (κ2) is 15.0. The molecular formula is C67H53NO. The van der Waals surface area contributed by atoms with E-state index >= 15 is 0 Å². The predicted octanol–water partition coefficient (Wildman–Crippen LogP) is 18.5. The van der Waals surface area contributed by atoms with E-state index in [9.17, 15) is 0 Å². The van der Waals surface area contributed by atoms with Gasteiger partial charge in [0.25, 0.3) is 0 Å². The second-order valence-corrected chi connectivity index (χ2v) is 21.2. The molecule has 69 heavy (non-hydrogen) atoms. The van der Waals surface area contributed by atoms with Crippen LogP contribution in [0.5, 0.6) is 0 Å². The number of rotatable bonds is 5. The lowest BCUT2D eigenvalue weighted by molar-refractivity contribution is 0.586. The van der Waals surface area contributed by atoms with Crippen LogP contribution >= 0.6 is 0 Å².